The minimum atomic E-state index is 0.139. The van der Waals surface area contributed by atoms with Crippen LogP contribution in [0.25, 0.3) is 0 Å². The number of carbonyl (C=O) groups is 1. The predicted molar refractivity (Wildman–Crippen MR) is 104 cm³/mol. The molecule has 0 spiro atoms. The number of thioether (sulfide) groups is 1. The Morgan fingerprint density at radius 2 is 2.00 bits per heavy atom. The van der Waals surface area contributed by atoms with E-state index >= 15 is 0 Å². The van der Waals surface area contributed by atoms with E-state index in [-0.39, 0.29) is 5.25 Å². The number of hydrogen-bond acceptors (Lipinski definition) is 3. The summed E-state index contributed by atoms with van der Waals surface area (Å²) in [6.45, 7) is 2.18. The average molecular weight is 379 g/mol. The van der Waals surface area contributed by atoms with E-state index in [4.69, 9.17) is 23.2 Å². The number of thiol groups is 1. The first-order chi connectivity index (χ1) is 10.6. The lowest BCUT2D eigenvalue weighted by Gasteiger charge is -2.17. The zero-order chi connectivity index (χ0) is 16.4. The van der Waals surface area contributed by atoms with Crippen LogP contribution in [-0.2, 0) is 4.79 Å². The molecular weight excluding hydrogens is 355 g/mol. The van der Waals surface area contributed by atoms with Gasteiger partial charge in [-0.2, -0.15) is 24.4 Å². The Kier molecular flexibility index (Phi) is 10.7. The average Bonchev–Trinajstić information content (AvgIpc) is 2.50. The predicted octanol–water partition coefficient (Wildman–Crippen LogP) is 6.63. The molecule has 0 radical (unpaired) electrons. The standard InChI is InChI=1S/C17H24Cl2OS2/c1-2-3-4-5-6-14(20)12-17(22-10-9-21)13-7-8-15(18)16(19)11-13/h7-8,11,17,21H,2-6,9-10,12H2,1H3/t17-/m0/s1. The number of halogens is 2. The SMILES string of the molecule is CCCCCCC(=O)C[C@H](SCCS)c1ccc(Cl)c(Cl)c1. The lowest BCUT2D eigenvalue weighted by Crippen LogP contribution is -2.06. The van der Waals surface area contributed by atoms with Gasteiger partial charge in [-0.25, -0.2) is 0 Å². The molecule has 0 amide bonds. The van der Waals surface area contributed by atoms with Gasteiger partial charge in [0, 0.05) is 23.8 Å². The normalized spacial score (nSPS) is 12.4. The van der Waals surface area contributed by atoms with Crippen LogP contribution in [0.4, 0.5) is 0 Å². The molecule has 0 N–H and O–H groups in total. The molecule has 0 saturated carbocycles. The Hall–Kier alpha value is 0.170. The van der Waals surface area contributed by atoms with E-state index < -0.39 is 0 Å². The molecule has 1 nitrogen and oxygen atoms in total. The number of benzene rings is 1. The summed E-state index contributed by atoms with van der Waals surface area (Å²) in [5.74, 6) is 2.04. The van der Waals surface area contributed by atoms with Crippen LogP contribution in [0.1, 0.15) is 56.3 Å². The maximum Gasteiger partial charge on any atom is 0.134 e. The molecule has 1 rings (SSSR count). The van der Waals surface area contributed by atoms with Gasteiger partial charge >= 0.3 is 0 Å². The van der Waals surface area contributed by atoms with Crippen molar-refractivity contribution in [3.8, 4) is 0 Å². The molecule has 0 heterocycles. The topological polar surface area (TPSA) is 17.1 Å². The van der Waals surface area contributed by atoms with E-state index in [0.717, 1.165) is 29.9 Å². The maximum atomic E-state index is 12.2. The van der Waals surface area contributed by atoms with Crippen molar-refractivity contribution < 1.29 is 4.79 Å². The molecule has 0 aliphatic rings. The van der Waals surface area contributed by atoms with Crippen LogP contribution in [0.5, 0.6) is 0 Å². The largest absolute Gasteiger partial charge is 0.300 e. The fraction of sp³-hybridized carbons (Fsp3) is 0.588. The van der Waals surface area contributed by atoms with Crippen molar-refractivity contribution >= 4 is 53.4 Å². The third-order valence-corrected chi connectivity index (χ3v) is 5.99. The number of Topliss-reactive ketones (excluding diaryl/α,β-unsaturated/α-hetero) is 1. The summed E-state index contributed by atoms with van der Waals surface area (Å²) in [5.41, 5.74) is 1.07. The van der Waals surface area contributed by atoms with Crippen LogP contribution in [0, 0.1) is 0 Å². The Balaban J connectivity index is 2.63. The first kappa shape index (κ1) is 20.2. The molecule has 5 heteroatoms. The molecule has 0 fully saturated rings. The summed E-state index contributed by atoms with van der Waals surface area (Å²) < 4.78 is 0. The smallest absolute Gasteiger partial charge is 0.134 e. The monoisotopic (exact) mass is 378 g/mol. The van der Waals surface area contributed by atoms with Crippen LogP contribution in [-0.4, -0.2) is 17.3 Å². The zero-order valence-electron chi connectivity index (χ0n) is 13.0. The van der Waals surface area contributed by atoms with Gasteiger partial charge in [-0.15, -0.1) is 0 Å². The fourth-order valence-electron chi connectivity index (χ4n) is 2.24. The van der Waals surface area contributed by atoms with E-state index in [9.17, 15) is 4.79 Å². The molecule has 0 aromatic heterocycles. The van der Waals surface area contributed by atoms with E-state index in [0.29, 0.717) is 28.7 Å². The van der Waals surface area contributed by atoms with E-state index in [1.54, 1.807) is 17.8 Å². The first-order valence-electron chi connectivity index (χ1n) is 7.77. The van der Waals surface area contributed by atoms with Crippen molar-refractivity contribution in [2.45, 2.75) is 50.7 Å². The molecule has 0 bridgehead atoms. The number of hydrogen-bond donors (Lipinski definition) is 1. The van der Waals surface area contributed by atoms with E-state index in [1.807, 2.05) is 12.1 Å². The van der Waals surface area contributed by atoms with Gasteiger partial charge in [0.05, 0.1) is 10.0 Å². The molecule has 22 heavy (non-hydrogen) atoms. The van der Waals surface area contributed by atoms with Gasteiger partial charge in [0.1, 0.15) is 5.78 Å². The molecule has 1 atom stereocenters. The Morgan fingerprint density at radius 3 is 2.64 bits per heavy atom. The maximum absolute atomic E-state index is 12.2. The van der Waals surface area contributed by atoms with Crippen molar-refractivity contribution in [3.05, 3.63) is 33.8 Å². The third-order valence-electron chi connectivity index (χ3n) is 3.45. The lowest BCUT2D eigenvalue weighted by atomic mass is 10.0. The second kappa shape index (κ2) is 11.7. The molecule has 1 aromatic carbocycles. The Bertz CT molecular complexity index is 466. The Morgan fingerprint density at radius 1 is 1.23 bits per heavy atom. The highest BCUT2D eigenvalue weighted by Gasteiger charge is 2.17. The summed E-state index contributed by atoms with van der Waals surface area (Å²) in [7, 11) is 0. The van der Waals surface area contributed by atoms with Crippen molar-refractivity contribution in [2.24, 2.45) is 0 Å². The van der Waals surface area contributed by atoms with Crippen LogP contribution in [0.2, 0.25) is 10.0 Å². The van der Waals surface area contributed by atoms with E-state index in [2.05, 4.69) is 19.6 Å². The van der Waals surface area contributed by atoms with Crippen LogP contribution in [0.3, 0.4) is 0 Å². The highest BCUT2D eigenvalue weighted by molar-refractivity contribution is 8.00. The molecule has 1 aromatic rings. The molecule has 0 saturated heterocycles. The zero-order valence-corrected chi connectivity index (χ0v) is 16.2. The molecule has 0 unspecified atom stereocenters. The molecule has 124 valence electrons. The Labute approximate surface area is 153 Å². The summed E-state index contributed by atoms with van der Waals surface area (Å²) in [5, 5.41) is 1.24. The molecule has 0 aliphatic carbocycles. The molecule has 0 aliphatic heterocycles. The number of ketones is 1. The van der Waals surface area contributed by atoms with Gasteiger partial charge in [0.2, 0.25) is 0 Å². The quantitative estimate of drug-likeness (QED) is 0.343. The van der Waals surface area contributed by atoms with Crippen molar-refractivity contribution in [2.75, 3.05) is 11.5 Å². The second-order valence-electron chi connectivity index (χ2n) is 5.31. The first-order valence-corrected chi connectivity index (χ1v) is 10.2. The van der Waals surface area contributed by atoms with Crippen molar-refractivity contribution in [1.82, 2.24) is 0 Å². The summed E-state index contributed by atoms with van der Waals surface area (Å²) in [4.78, 5) is 12.2. The summed E-state index contributed by atoms with van der Waals surface area (Å²) >= 11 is 18.1. The van der Waals surface area contributed by atoms with Gasteiger partial charge in [0.25, 0.3) is 0 Å². The van der Waals surface area contributed by atoms with Gasteiger partial charge in [-0.1, -0.05) is 55.5 Å². The van der Waals surface area contributed by atoms with Gasteiger partial charge in [-0.05, 0) is 29.9 Å². The van der Waals surface area contributed by atoms with Gasteiger partial charge < -0.3 is 0 Å². The minimum Gasteiger partial charge on any atom is -0.300 e. The van der Waals surface area contributed by atoms with Crippen molar-refractivity contribution in [3.63, 3.8) is 0 Å². The molecular formula is C17H24Cl2OS2. The van der Waals surface area contributed by atoms with Crippen molar-refractivity contribution in [1.29, 1.82) is 0 Å². The highest BCUT2D eigenvalue weighted by atomic mass is 35.5. The highest BCUT2D eigenvalue weighted by Crippen LogP contribution is 2.36. The fourth-order valence-corrected chi connectivity index (χ4v) is 3.89. The number of rotatable bonds is 11. The number of unbranched alkanes of at least 4 members (excludes halogenated alkanes) is 3. The minimum absolute atomic E-state index is 0.139. The van der Waals surface area contributed by atoms with Crippen LogP contribution < -0.4 is 0 Å². The number of carbonyl (C=O) groups excluding carboxylic acids is 1. The third kappa shape index (κ3) is 7.63. The van der Waals surface area contributed by atoms with Crippen LogP contribution >= 0.6 is 47.6 Å². The van der Waals surface area contributed by atoms with Gasteiger partial charge in [0.15, 0.2) is 0 Å². The summed E-state index contributed by atoms with van der Waals surface area (Å²) in [6.07, 6.45) is 5.78. The second-order valence-corrected chi connectivity index (χ2v) is 7.88. The van der Waals surface area contributed by atoms with Crippen LogP contribution in [0.15, 0.2) is 18.2 Å². The lowest BCUT2D eigenvalue weighted by molar-refractivity contribution is -0.119. The van der Waals surface area contributed by atoms with E-state index in [1.165, 1.54) is 12.8 Å². The van der Waals surface area contributed by atoms with Gasteiger partial charge in [-0.3, -0.25) is 4.79 Å². The summed E-state index contributed by atoms with van der Waals surface area (Å²) in [6, 6.07) is 5.65.